The summed E-state index contributed by atoms with van der Waals surface area (Å²) in [5, 5.41) is 10.2. The van der Waals surface area contributed by atoms with E-state index in [2.05, 4.69) is 78.9 Å². The fraction of sp³-hybridized carbons (Fsp3) is 0.474. The maximum Gasteiger partial charge on any atom is 0.191 e. The summed E-state index contributed by atoms with van der Waals surface area (Å²) < 4.78 is 1.15. The van der Waals surface area contributed by atoms with Gasteiger partial charge in [0.1, 0.15) is 0 Å². The fourth-order valence-corrected chi connectivity index (χ4v) is 4.41. The molecule has 2 aromatic rings. The maximum absolute atomic E-state index is 4.67. The molecule has 1 aromatic heterocycles. The molecule has 1 aliphatic heterocycles. The molecule has 0 bridgehead atoms. The summed E-state index contributed by atoms with van der Waals surface area (Å²) in [6.45, 7) is 7.06. The van der Waals surface area contributed by atoms with Crippen LogP contribution in [0.5, 0.6) is 0 Å². The van der Waals surface area contributed by atoms with E-state index in [0.717, 1.165) is 35.6 Å². The highest BCUT2D eigenvalue weighted by Crippen LogP contribution is 2.28. The van der Waals surface area contributed by atoms with E-state index < -0.39 is 0 Å². The Labute approximate surface area is 168 Å². The number of anilines is 1. The summed E-state index contributed by atoms with van der Waals surface area (Å²) in [5.41, 5.74) is 2.33. The van der Waals surface area contributed by atoms with Crippen molar-refractivity contribution in [3.8, 4) is 0 Å². The van der Waals surface area contributed by atoms with Crippen molar-refractivity contribution in [3.63, 3.8) is 0 Å². The van der Waals surface area contributed by atoms with Gasteiger partial charge in [-0.3, -0.25) is 4.99 Å². The van der Waals surface area contributed by atoms with Gasteiger partial charge in [-0.15, -0.1) is 11.3 Å². The molecule has 0 spiro atoms. The number of halogens is 1. The minimum absolute atomic E-state index is 0.384. The first-order valence-electron chi connectivity index (χ1n) is 8.97. The summed E-state index contributed by atoms with van der Waals surface area (Å²) in [5.74, 6) is 1.32. The van der Waals surface area contributed by atoms with Crippen molar-refractivity contribution in [1.82, 2.24) is 15.6 Å². The van der Waals surface area contributed by atoms with Crippen molar-refractivity contribution in [3.05, 3.63) is 44.8 Å². The second kappa shape index (κ2) is 8.86. The largest absolute Gasteiger partial charge is 0.368 e. The molecule has 0 aliphatic carbocycles. The molecule has 2 N–H and O–H groups in total. The van der Waals surface area contributed by atoms with E-state index in [1.165, 1.54) is 10.7 Å². The van der Waals surface area contributed by atoms with Gasteiger partial charge in [-0.25, -0.2) is 4.98 Å². The number of nitrogens with one attached hydrogen (secondary N) is 2. The maximum atomic E-state index is 4.67. The number of nitrogens with zero attached hydrogens (tertiary/aromatic N) is 3. The number of para-hydroxylation sites is 1. The zero-order valence-corrected chi connectivity index (χ0v) is 17.9. The van der Waals surface area contributed by atoms with Gasteiger partial charge in [0.2, 0.25) is 0 Å². The van der Waals surface area contributed by atoms with Gasteiger partial charge in [0.25, 0.3) is 0 Å². The smallest absolute Gasteiger partial charge is 0.191 e. The van der Waals surface area contributed by atoms with E-state index >= 15 is 0 Å². The van der Waals surface area contributed by atoms with Gasteiger partial charge < -0.3 is 15.5 Å². The minimum Gasteiger partial charge on any atom is -0.368 e. The molecule has 0 radical (unpaired) electrons. The second-order valence-electron chi connectivity index (χ2n) is 6.78. The van der Waals surface area contributed by atoms with Crippen LogP contribution in [-0.4, -0.2) is 37.1 Å². The summed E-state index contributed by atoms with van der Waals surface area (Å²) in [6.07, 6.45) is 1.09. The Bertz CT molecular complexity index is 758. The lowest BCUT2D eigenvalue weighted by Gasteiger charge is -2.21. The number of hydrogen-bond acceptors (Lipinski definition) is 4. The van der Waals surface area contributed by atoms with Gasteiger partial charge in [-0.2, -0.15) is 0 Å². The van der Waals surface area contributed by atoms with Crippen molar-refractivity contribution >= 4 is 38.9 Å². The first-order valence-corrected chi connectivity index (χ1v) is 10.6. The van der Waals surface area contributed by atoms with Crippen LogP contribution in [0.1, 0.15) is 36.9 Å². The van der Waals surface area contributed by atoms with Gasteiger partial charge in [-0.1, -0.05) is 26.0 Å². The Balaban J connectivity index is 1.52. The number of guanidine groups is 1. The number of aromatic nitrogens is 1. The number of hydrogen-bond donors (Lipinski definition) is 2. The van der Waals surface area contributed by atoms with Crippen molar-refractivity contribution in [2.75, 3.05) is 25.0 Å². The Morgan fingerprint density at radius 1 is 1.42 bits per heavy atom. The Morgan fingerprint density at radius 2 is 2.23 bits per heavy atom. The Hall–Kier alpha value is -1.60. The van der Waals surface area contributed by atoms with Crippen LogP contribution in [0.25, 0.3) is 0 Å². The third-order valence-corrected chi connectivity index (χ3v) is 6.31. The number of benzene rings is 1. The quantitative estimate of drug-likeness (QED) is 0.550. The van der Waals surface area contributed by atoms with Crippen molar-refractivity contribution in [2.45, 2.75) is 38.8 Å². The SMILES string of the molecule is CN=C(NCc1csc(C(C)C)n1)NC1CCN(c2ccccc2Br)C1. The van der Waals surface area contributed by atoms with Crippen LogP contribution < -0.4 is 15.5 Å². The summed E-state index contributed by atoms with van der Waals surface area (Å²) in [4.78, 5) is 11.4. The number of thiazole rings is 1. The van der Waals surface area contributed by atoms with E-state index in [9.17, 15) is 0 Å². The molecule has 26 heavy (non-hydrogen) atoms. The zero-order chi connectivity index (χ0) is 18.5. The van der Waals surface area contributed by atoms with Crippen LogP contribution >= 0.6 is 27.3 Å². The molecule has 1 atom stereocenters. The van der Waals surface area contributed by atoms with E-state index in [1.54, 1.807) is 11.3 Å². The van der Waals surface area contributed by atoms with Gasteiger partial charge in [0, 0.05) is 41.9 Å². The predicted octanol–water partition coefficient (Wildman–Crippen LogP) is 3.97. The minimum atomic E-state index is 0.384. The fourth-order valence-electron chi connectivity index (χ4n) is 3.04. The van der Waals surface area contributed by atoms with Crippen molar-refractivity contribution in [2.24, 2.45) is 4.99 Å². The molecule has 3 rings (SSSR count). The number of aliphatic imine (C=N–C) groups is 1. The van der Waals surface area contributed by atoms with Gasteiger partial charge >= 0.3 is 0 Å². The number of rotatable bonds is 5. The average Bonchev–Trinajstić information content (AvgIpc) is 3.28. The second-order valence-corrected chi connectivity index (χ2v) is 8.53. The van der Waals surface area contributed by atoms with Gasteiger partial charge in [0.15, 0.2) is 5.96 Å². The molecule has 1 unspecified atom stereocenters. The predicted molar refractivity (Wildman–Crippen MR) is 114 cm³/mol. The van der Waals surface area contributed by atoms with Crippen LogP contribution in [0.15, 0.2) is 39.1 Å². The van der Waals surface area contributed by atoms with Crippen LogP contribution in [-0.2, 0) is 6.54 Å². The summed E-state index contributed by atoms with van der Waals surface area (Å²) in [6, 6.07) is 8.77. The molecule has 2 heterocycles. The normalized spacial score (nSPS) is 17.8. The molecule has 1 aliphatic rings. The molecule has 5 nitrogen and oxygen atoms in total. The lowest BCUT2D eigenvalue weighted by molar-refractivity contribution is 0.647. The van der Waals surface area contributed by atoms with E-state index in [1.807, 2.05) is 13.1 Å². The van der Waals surface area contributed by atoms with Crippen molar-refractivity contribution in [1.29, 1.82) is 0 Å². The van der Waals surface area contributed by atoms with Gasteiger partial charge in [-0.05, 0) is 34.5 Å². The lowest BCUT2D eigenvalue weighted by Crippen LogP contribution is -2.44. The monoisotopic (exact) mass is 435 g/mol. The van der Waals surface area contributed by atoms with Crippen LogP contribution in [0.2, 0.25) is 0 Å². The highest BCUT2D eigenvalue weighted by molar-refractivity contribution is 9.10. The van der Waals surface area contributed by atoms with Crippen LogP contribution in [0.3, 0.4) is 0 Å². The third-order valence-electron chi connectivity index (χ3n) is 4.45. The lowest BCUT2D eigenvalue weighted by atomic mass is 10.2. The Kier molecular flexibility index (Phi) is 6.53. The molecule has 1 fully saturated rings. The first-order chi connectivity index (χ1) is 12.6. The summed E-state index contributed by atoms with van der Waals surface area (Å²) in [7, 11) is 1.82. The third kappa shape index (κ3) is 4.76. The van der Waals surface area contributed by atoms with Crippen LogP contribution in [0.4, 0.5) is 5.69 Å². The zero-order valence-electron chi connectivity index (χ0n) is 15.5. The molecule has 140 valence electrons. The first kappa shape index (κ1) is 19.2. The van der Waals surface area contributed by atoms with Gasteiger partial charge in [0.05, 0.1) is 22.9 Å². The summed E-state index contributed by atoms with van der Waals surface area (Å²) >= 11 is 5.38. The van der Waals surface area contributed by atoms with E-state index in [0.29, 0.717) is 18.5 Å². The molecule has 7 heteroatoms. The molecule has 0 amide bonds. The van der Waals surface area contributed by atoms with E-state index in [-0.39, 0.29) is 0 Å². The Morgan fingerprint density at radius 3 is 2.92 bits per heavy atom. The molecule has 1 aromatic carbocycles. The topological polar surface area (TPSA) is 52.6 Å². The molecule has 1 saturated heterocycles. The standard InChI is InChI=1S/C19H26BrN5S/c1-13(2)18-23-15(12-26-18)10-22-19(21-3)24-14-8-9-25(11-14)17-7-5-4-6-16(17)20/h4-7,12-14H,8-11H2,1-3H3,(H2,21,22,24). The molecular formula is C19H26BrN5S. The van der Waals surface area contributed by atoms with Crippen molar-refractivity contribution < 1.29 is 0 Å². The molecule has 0 saturated carbocycles. The average molecular weight is 436 g/mol. The molecular weight excluding hydrogens is 410 g/mol. The van der Waals surface area contributed by atoms with Crippen LogP contribution in [0, 0.1) is 0 Å². The highest BCUT2D eigenvalue weighted by Gasteiger charge is 2.24. The highest BCUT2D eigenvalue weighted by atomic mass is 79.9. The van der Waals surface area contributed by atoms with E-state index in [4.69, 9.17) is 0 Å².